The Morgan fingerprint density at radius 3 is 2.72 bits per heavy atom. The van der Waals surface area contributed by atoms with Crippen LogP contribution in [0.25, 0.3) is 5.69 Å². The molecule has 3 aromatic rings. The Hall–Kier alpha value is -2.73. The third kappa shape index (κ3) is 3.21. The van der Waals surface area contributed by atoms with E-state index in [1.165, 1.54) is 5.56 Å². The number of amidine groups is 1. The lowest BCUT2D eigenvalue weighted by molar-refractivity contribution is 0.255. The second kappa shape index (κ2) is 7.59. The molecule has 0 amide bonds. The fraction of sp³-hybridized carbons (Fsp3) is 0.304. The minimum absolute atomic E-state index is 0.0276. The summed E-state index contributed by atoms with van der Waals surface area (Å²) < 4.78 is 7.46. The van der Waals surface area contributed by atoms with Crippen molar-refractivity contribution in [3.8, 4) is 11.4 Å². The van der Waals surface area contributed by atoms with Crippen LogP contribution in [0, 0.1) is 0 Å². The minimum Gasteiger partial charge on any atom is -0.497 e. The van der Waals surface area contributed by atoms with E-state index < -0.39 is 0 Å². The monoisotopic (exact) mass is 404 g/mol. The van der Waals surface area contributed by atoms with Crippen LogP contribution in [0.4, 0.5) is 0 Å². The minimum atomic E-state index is 0.0276. The van der Waals surface area contributed by atoms with Crippen LogP contribution in [-0.2, 0) is 0 Å². The third-order valence-electron chi connectivity index (χ3n) is 5.76. The van der Waals surface area contributed by atoms with E-state index in [1.807, 2.05) is 36.2 Å². The van der Waals surface area contributed by atoms with Crippen molar-refractivity contribution in [3.63, 3.8) is 0 Å². The van der Waals surface area contributed by atoms with E-state index in [0.717, 1.165) is 34.5 Å². The quantitative estimate of drug-likeness (QED) is 0.609. The van der Waals surface area contributed by atoms with Gasteiger partial charge in [-0.05, 0) is 54.4 Å². The van der Waals surface area contributed by atoms with Crippen molar-refractivity contribution >= 4 is 16.9 Å². The first kappa shape index (κ1) is 18.3. The predicted octanol–water partition coefficient (Wildman–Crippen LogP) is 4.86. The molecule has 0 aliphatic carbocycles. The summed E-state index contributed by atoms with van der Waals surface area (Å²) in [5, 5.41) is 1.16. The second-order valence-electron chi connectivity index (χ2n) is 7.39. The SMILES string of the molecule is CCC1CSC2=NC(c3ccccn3)C(c3ccn(-c4ccc(OC)cc4)c3)N21. The number of benzene rings is 1. The van der Waals surface area contributed by atoms with Gasteiger partial charge >= 0.3 is 0 Å². The number of aromatic nitrogens is 2. The molecule has 1 fully saturated rings. The number of rotatable bonds is 5. The van der Waals surface area contributed by atoms with Crippen molar-refractivity contribution in [2.24, 2.45) is 4.99 Å². The molecule has 2 aromatic heterocycles. The van der Waals surface area contributed by atoms with Crippen molar-refractivity contribution in [2.45, 2.75) is 31.5 Å². The summed E-state index contributed by atoms with van der Waals surface area (Å²) in [7, 11) is 1.69. The molecule has 1 saturated heterocycles. The van der Waals surface area contributed by atoms with E-state index >= 15 is 0 Å². The van der Waals surface area contributed by atoms with Crippen LogP contribution in [0.2, 0.25) is 0 Å². The van der Waals surface area contributed by atoms with E-state index in [-0.39, 0.29) is 12.1 Å². The fourth-order valence-corrected chi connectivity index (χ4v) is 5.55. The van der Waals surface area contributed by atoms with Gasteiger partial charge in [0.15, 0.2) is 5.17 Å². The topological polar surface area (TPSA) is 42.6 Å². The summed E-state index contributed by atoms with van der Waals surface area (Å²) >= 11 is 1.88. The average Bonchev–Trinajstić information content (AvgIpc) is 3.49. The first-order valence-electron chi connectivity index (χ1n) is 10.0. The summed E-state index contributed by atoms with van der Waals surface area (Å²) in [6.07, 6.45) is 7.35. The molecule has 0 saturated carbocycles. The first-order valence-corrected chi connectivity index (χ1v) is 11.0. The van der Waals surface area contributed by atoms with Gasteiger partial charge in [-0.1, -0.05) is 24.8 Å². The van der Waals surface area contributed by atoms with Gasteiger partial charge in [-0.3, -0.25) is 9.98 Å². The van der Waals surface area contributed by atoms with E-state index in [0.29, 0.717) is 6.04 Å². The molecule has 0 N–H and O–H groups in total. The summed E-state index contributed by atoms with van der Waals surface area (Å²) in [5.41, 5.74) is 3.43. The maximum atomic E-state index is 5.29. The molecule has 3 unspecified atom stereocenters. The van der Waals surface area contributed by atoms with Gasteiger partial charge in [0.25, 0.3) is 0 Å². The van der Waals surface area contributed by atoms with Crippen LogP contribution in [0.5, 0.6) is 5.75 Å². The zero-order valence-electron chi connectivity index (χ0n) is 16.6. The van der Waals surface area contributed by atoms with Gasteiger partial charge in [0.05, 0.1) is 18.8 Å². The smallest absolute Gasteiger partial charge is 0.160 e. The number of hydrogen-bond donors (Lipinski definition) is 0. The molecule has 6 heteroatoms. The number of ether oxygens (including phenoxy) is 1. The third-order valence-corrected chi connectivity index (χ3v) is 6.88. The van der Waals surface area contributed by atoms with Crippen LogP contribution < -0.4 is 4.74 Å². The molecule has 29 heavy (non-hydrogen) atoms. The number of pyridine rings is 1. The van der Waals surface area contributed by atoms with Gasteiger partial charge in [-0.2, -0.15) is 0 Å². The number of thioether (sulfide) groups is 1. The Kier molecular flexibility index (Phi) is 4.79. The molecule has 2 aliphatic heterocycles. The Morgan fingerprint density at radius 1 is 1.14 bits per heavy atom. The Labute approximate surface area is 175 Å². The van der Waals surface area contributed by atoms with Crippen molar-refractivity contribution in [1.82, 2.24) is 14.5 Å². The van der Waals surface area contributed by atoms with Gasteiger partial charge in [0.2, 0.25) is 0 Å². The lowest BCUT2D eigenvalue weighted by atomic mass is 9.97. The number of fused-ring (bicyclic) bond motifs is 1. The summed E-state index contributed by atoms with van der Waals surface area (Å²) in [5.74, 6) is 1.98. The summed E-state index contributed by atoms with van der Waals surface area (Å²) in [4.78, 5) is 12.3. The molecule has 148 valence electrons. The average molecular weight is 405 g/mol. The van der Waals surface area contributed by atoms with E-state index in [1.54, 1.807) is 7.11 Å². The van der Waals surface area contributed by atoms with Gasteiger partial charge in [-0.15, -0.1) is 0 Å². The van der Waals surface area contributed by atoms with Crippen molar-refractivity contribution in [2.75, 3.05) is 12.9 Å². The lowest BCUT2D eigenvalue weighted by Crippen LogP contribution is -2.35. The normalized spacial score (nSPS) is 23.2. The molecular weight excluding hydrogens is 380 g/mol. The number of aliphatic imine (C=N–C) groups is 1. The van der Waals surface area contributed by atoms with Crippen molar-refractivity contribution < 1.29 is 4.74 Å². The molecule has 5 rings (SSSR count). The van der Waals surface area contributed by atoms with E-state index in [9.17, 15) is 0 Å². The molecule has 5 nitrogen and oxygen atoms in total. The van der Waals surface area contributed by atoms with Gasteiger partial charge in [-0.25, -0.2) is 0 Å². The lowest BCUT2D eigenvalue weighted by Gasteiger charge is -2.31. The van der Waals surface area contributed by atoms with Crippen LogP contribution in [-0.4, -0.2) is 38.5 Å². The van der Waals surface area contributed by atoms with Crippen LogP contribution in [0.3, 0.4) is 0 Å². The molecule has 0 radical (unpaired) electrons. The Balaban J connectivity index is 1.52. The van der Waals surface area contributed by atoms with Gasteiger partial charge < -0.3 is 14.2 Å². The second-order valence-corrected chi connectivity index (χ2v) is 8.37. The molecule has 0 spiro atoms. The molecule has 1 aromatic carbocycles. The molecular formula is C23H24N4OS. The highest BCUT2D eigenvalue weighted by Gasteiger charge is 2.45. The number of methoxy groups -OCH3 is 1. The van der Waals surface area contributed by atoms with Crippen molar-refractivity contribution in [3.05, 3.63) is 78.4 Å². The number of nitrogens with zero attached hydrogens (tertiary/aromatic N) is 4. The molecule has 2 aliphatic rings. The van der Waals surface area contributed by atoms with Crippen LogP contribution in [0.1, 0.15) is 36.7 Å². The first-order chi connectivity index (χ1) is 14.3. The van der Waals surface area contributed by atoms with E-state index in [2.05, 4.69) is 64.1 Å². The largest absolute Gasteiger partial charge is 0.497 e. The predicted molar refractivity (Wildman–Crippen MR) is 118 cm³/mol. The highest BCUT2D eigenvalue weighted by molar-refractivity contribution is 8.14. The maximum absolute atomic E-state index is 5.29. The summed E-state index contributed by atoms with van der Waals surface area (Å²) in [6, 6.07) is 17.2. The molecule has 4 heterocycles. The zero-order valence-corrected chi connectivity index (χ0v) is 17.4. The van der Waals surface area contributed by atoms with Gasteiger partial charge in [0.1, 0.15) is 11.8 Å². The number of hydrogen-bond acceptors (Lipinski definition) is 5. The highest BCUT2D eigenvalue weighted by Crippen LogP contribution is 2.48. The Bertz CT molecular complexity index is 1010. The zero-order chi connectivity index (χ0) is 19.8. The highest BCUT2D eigenvalue weighted by atomic mass is 32.2. The van der Waals surface area contributed by atoms with E-state index in [4.69, 9.17) is 9.73 Å². The summed E-state index contributed by atoms with van der Waals surface area (Å²) in [6.45, 7) is 2.27. The molecule has 3 atom stereocenters. The standard InChI is InChI=1S/C23H24N4OS/c1-3-17-15-29-23-25-21(20-6-4-5-12-24-20)22(27(17)23)16-11-13-26(14-16)18-7-9-19(28-2)10-8-18/h4-14,17,21-22H,3,15H2,1-2H3. The Morgan fingerprint density at radius 2 is 2.00 bits per heavy atom. The van der Waals surface area contributed by atoms with Crippen molar-refractivity contribution in [1.29, 1.82) is 0 Å². The van der Waals surface area contributed by atoms with Gasteiger partial charge in [0, 0.05) is 36.1 Å². The van der Waals surface area contributed by atoms with Crippen LogP contribution >= 0.6 is 11.8 Å². The van der Waals surface area contributed by atoms with Crippen LogP contribution in [0.15, 0.2) is 72.1 Å². The molecule has 0 bridgehead atoms. The maximum Gasteiger partial charge on any atom is 0.160 e. The fourth-order valence-electron chi connectivity index (χ4n) is 4.21.